The molecule has 10 aromatic carbocycles. The summed E-state index contributed by atoms with van der Waals surface area (Å²) in [5.74, 6) is 0. The van der Waals surface area contributed by atoms with Gasteiger partial charge in [-0.25, -0.2) is 0 Å². The SMILES string of the molecule is c1ccc(-c2ccc(-c3ccc(Nc4ccc(-c5ccc6c(c5)c5ccccc5n6-c5ccccc5)cc4)c4c3C(c3ccccc3)(c3ccccc3)c3ccccc3-4)cc2)cc1. The summed E-state index contributed by atoms with van der Waals surface area (Å²) >= 11 is 0. The van der Waals surface area contributed by atoms with Crippen molar-refractivity contribution in [1.82, 2.24) is 4.57 Å². The van der Waals surface area contributed by atoms with Crippen molar-refractivity contribution >= 4 is 33.2 Å². The van der Waals surface area contributed by atoms with Crippen molar-refractivity contribution < 1.29 is 0 Å². The van der Waals surface area contributed by atoms with Gasteiger partial charge in [-0.2, -0.15) is 0 Å². The Balaban J connectivity index is 0.996. The minimum absolute atomic E-state index is 0.564. The highest BCUT2D eigenvalue weighted by atomic mass is 15.0. The minimum Gasteiger partial charge on any atom is -0.355 e. The van der Waals surface area contributed by atoms with Gasteiger partial charge in [0.05, 0.1) is 16.4 Å². The number of hydrogen-bond acceptors (Lipinski definition) is 1. The van der Waals surface area contributed by atoms with Gasteiger partial charge in [0.25, 0.3) is 0 Å². The van der Waals surface area contributed by atoms with E-state index in [4.69, 9.17) is 0 Å². The van der Waals surface area contributed by atoms with E-state index in [2.05, 4.69) is 259 Å². The first-order valence-electron chi connectivity index (χ1n) is 21.8. The predicted molar refractivity (Wildman–Crippen MR) is 264 cm³/mol. The Hall–Kier alpha value is -8.20. The molecule has 2 nitrogen and oxygen atoms in total. The van der Waals surface area contributed by atoms with E-state index in [1.807, 2.05) is 0 Å². The number of para-hydroxylation sites is 2. The van der Waals surface area contributed by atoms with Gasteiger partial charge < -0.3 is 9.88 Å². The number of nitrogens with one attached hydrogen (secondary N) is 1. The molecule has 11 aromatic rings. The van der Waals surface area contributed by atoms with Crippen LogP contribution in [-0.2, 0) is 5.41 Å². The lowest BCUT2D eigenvalue weighted by atomic mass is 9.66. The number of anilines is 2. The lowest BCUT2D eigenvalue weighted by molar-refractivity contribution is 0.770. The molecular weight excluding hydrogens is 761 g/mol. The zero-order valence-electron chi connectivity index (χ0n) is 34.6. The molecule has 0 bridgehead atoms. The largest absolute Gasteiger partial charge is 0.355 e. The van der Waals surface area contributed by atoms with Crippen molar-refractivity contribution in [3.8, 4) is 50.2 Å². The topological polar surface area (TPSA) is 17.0 Å². The smallest absolute Gasteiger partial charge is 0.0720 e. The summed E-state index contributed by atoms with van der Waals surface area (Å²) in [5.41, 5.74) is 19.9. The second kappa shape index (κ2) is 15.1. The van der Waals surface area contributed by atoms with Gasteiger partial charge in [0.2, 0.25) is 0 Å². The highest BCUT2D eigenvalue weighted by Crippen LogP contribution is 2.60. The molecule has 1 aromatic heterocycles. The molecule has 0 saturated heterocycles. The van der Waals surface area contributed by atoms with Crippen LogP contribution in [0.25, 0.3) is 72.0 Å². The molecule has 0 atom stereocenters. The van der Waals surface area contributed by atoms with E-state index in [0.29, 0.717) is 0 Å². The molecule has 0 fully saturated rings. The van der Waals surface area contributed by atoms with Crippen LogP contribution < -0.4 is 5.32 Å². The highest BCUT2D eigenvalue weighted by molar-refractivity contribution is 6.10. The van der Waals surface area contributed by atoms with Crippen molar-refractivity contribution in [2.75, 3.05) is 5.32 Å². The molecule has 2 heteroatoms. The quantitative estimate of drug-likeness (QED) is 0.162. The zero-order valence-corrected chi connectivity index (χ0v) is 34.6. The molecule has 1 N–H and O–H groups in total. The summed E-state index contributed by atoms with van der Waals surface area (Å²) in [5, 5.41) is 6.45. The van der Waals surface area contributed by atoms with Gasteiger partial charge in [0.15, 0.2) is 0 Å². The van der Waals surface area contributed by atoms with Crippen LogP contribution in [0.4, 0.5) is 11.4 Å². The monoisotopic (exact) mass is 802 g/mol. The standard InChI is InChI=1S/C61H42N2/c1-5-17-42(18-6-1)43-29-31-45(32-30-43)51-38-39-56(59-53-26-13-15-27-55(53)61(60(51)59,47-19-7-2-8-20-47)48-21-9-3-10-22-48)62-49-36-33-44(34-37-49)46-35-40-58-54(41-46)52-25-14-16-28-57(52)63(58)50-23-11-4-12-24-50/h1-41,62H. The lowest BCUT2D eigenvalue weighted by Gasteiger charge is -2.35. The minimum atomic E-state index is -0.564. The number of rotatable bonds is 8. The average Bonchev–Trinajstić information content (AvgIpc) is 3.87. The summed E-state index contributed by atoms with van der Waals surface area (Å²) in [6.07, 6.45) is 0. The first-order valence-corrected chi connectivity index (χ1v) is 21.8. The second-order valence-electron chi connectivity index (χ2n) is 16.5. The molecule has 0 saturated carbocycles. The van der Waals surface area contributed by atoms with E-state index in [0.717, 1.165) is 11.4 Å². The Bertz CT molecular complexity index is 3380. The van der Waals surface area contributed by atoms with Crippen molar-refractivity contribution in [2.45, 2.75) is 5.41 Å². The van der Waals surface area contributed by atoms with Gasteiger partial charge in [0, 0.05) is 33.4 Å². The summed E-state index contributed by atoms with van der Waals surface area (Å²) in [4.78, 5) is 0. The molecule has 0 aliphatic heterocycles. The van der Waals surface area contributed by atoms with E-state index >= 15 is 0 Å². The van der Waals surface area contributed by atoms with Crippen molar-refractivity contribution in [3.63, 3.8) is 0 Å². The molecular formula is C61H42N2. The predicted octanol–water partition coefficient (Wildman–Crippen LogP) is 15.9. The van der Waals surface area contributed by atoms with Crippen LogP contribution in [0.15, 0.2) is 249 Å². The molecule has 63 heavy (non-hydrogen) atoms. The van der Waals surface area contributed by atoms with Crippen LogP contribution >= 0.6 is 0 Å². The van der Waals surface area contributed by atoms with E-state index in [1.165, 1.54) is 94.3 Å². The first-order chi connectivity index (χ1) is 31.3. The number of fused-ring (bicyclic) bond motifs is 6. The van der Waals surface area contributed by atoms with Gasteiger partial charge in [-0.3, -0.25) is 0 Å². The van der Waals surface area contributed by atoms with E-state index in [-0.39, 0.29) is 0 Å². The molecule has 1 aliphatic rings. The Kier molecular flexibility index (Phi) is 8.76. The maximum atomic E-state index is 3.95. The summed E-state index contributed by atoms with van der Waals surface area (Å²) in [6.45, 7) is 0. The van der Waals surface area contributed by atoms with Crippen molar-refractivity contribution in [1.29, 1.82) is 0 Å². The highest BCUT2D eigenvalue weighted by Gasteiger charge is 2.48. The Morgan fingerprint density at radius 3 is 1.59 bits per heavy atom. The molecule has 0 amide bonds. The zero-order chi connectivity index (χ0) is 41.7. The van der Waals surface area contributed by atoms with Gasteiger partial charge in [-0.1, -0.05) is 200 Å². The van der Waals surface area contributed by atoms with Crippen LogP contribution in [0.5, 0.6) is 0 Å². The first kappa shape index (κ1) is 36.6. The van der Waals surface area contributed by atoms with Gasteiger partial charge in [0.1, 0.15) is 0 Å². The maximum Gasteiger partial charge on any atom is 0.0720 e. The number of aromatic nitrogens is 1. The molecule has 1 aliphatic carbocycles. The van der Waals surface area contributed by atoms with Crippen LogP contribution in [0.2, 0.25) is 0 Å². The third-order valence-electron chi connectivity index (χ3n) is 13.1. The van der Waals surface area contributed by atoms with E-state index < -0.39 is 5.41 Å². The second-order valence-corrected chi connectivity index (χ2v) is 16.5. The fraction of sp³-hybridized carbons (Fsp3) is 0.0164. The molecule has 1 heterocycles. The maximum absolute atomic E-state index is 3.95. The van der Waals surface area contributed by atoms with E-state index in [9.17, 15) is 0 Å². The lowest BCUT2D eigenvalue weighted by Crippen LogP contribution is -2.29. The number of benzene rings is 10. The molecule has 296 valence electrons. The molecule has 12 rings (SSSR count). The average molecular weight is 803 g/mol. The van der Waals surface area contributed by atoms with Gasteiger partial charge in [-0.15, -0.1) is 0 Å². The normalized spacial score (nSPS) is 12.6. The summed E-state index contributed by atoms with van der Waals surface area (Å²) < 4.78 is 2.37. The van der Waals surface area contributed by atoms with Crippen LogP contribution in [0.1, 0.15) is 22.3 Å². The van der Waals surface area contributed by atoms with E-state index in [1.54, 1.807) is 0 Å². The molecule has 0 spiro atoms. The Morgan fingerprint density at radius 1 is 0.349 bits per heavy atom. The Labute approximate surface area is 368 Å². The fourth-order valence-corrected chi connectivity index (χ4v) is 10.3. The fourth-order valence-electron chi connectivity index (χ4n) is 10.3. The van der Waals surface area contributed by atoms with Crippen molar-refractivity contribution in [2.24, 2.45) is 0 Å². The molecule has 0 radical (unpaired) electrons. The van der Waals surface area contributed by atoms with Gasteiger partial charge >= 0.3 is 0 Å². The van der Waals surface area contributed by atoms with Crippen LogP contribution in [-0.4, -0.2) is 4.57 Å². The molecule has 0 unspecified atom stereocenters. The van der Waals surface area contributed by atoms with Gasteiger partial charge in [-0.05, 0) is 110 Å². The summed E-state index contributed by atoms with van der Waals surface area (Å²) in [7, 11) is 0. The van der Waals surface area contributed by atoms with Crippen LogP contribution in [0, 0.1) is 0 Å². The third kappa shape index (κ3) is 5.95. The van der Waals surface area contributed by atoms with Crippen molar-refractivity contribution in [3.05, 3.63) is 271 Å². The number of hydrogen-bond donors (Lipinski definition) is 1. The third-order valence-corrected chi connectivity index (χ3v) is 13.1. The summed E-state index contributed by atoms with van der Waals surface area (Å²) in [6, 6.07) is 90.7. The Morgan fingerprint density at radius 2 is 0.873 bits per heavy atom. The number of nitrogens with zero attached hydrogens (tertiary/aromatic N) is 1. The van der Waals surface area contributed by atoms with Crippen LogP contribution in [0.3, 0.4) is 0 Å².